The maximum absolute atomic E-state index is 13.3. The number of para-hydroxylation sites is 1. The molecular formula is C25H24N2O5. The Morgan fingerprint density at radius 2 is 1.78 bits per heavy atom. The van der Waals surface area contributed by atoms with E-state index in [4.69, 9.17) is 9.26 Å². The van der Waals surface area contributed by atoms with Crippen molar-refractivity contribution in [2.24, 2.45) is 5.41 Å². The lowest BCUT2D eigenvalue weighted by Gasteiger charge is -2.29. The van der Waals surface area contributed by atoms with Crippen molar-refractivity contribution in [2.75, 3.05) is 12.0 Å². The van der Waals surface area contributed by atoms with Crippen LogP contribution < -0.4 is 9.64 Å². The Hall–Kier alpha value is -3.87. The molecule has 1 aliphatic rings. The standard InChI is InChI=1S/C25H24N2O5/c1-25(2,3)23(29)20-21(17-7-5-6-8-19(17)31-4)27(24(30)22(20)28)16-11-9-15(10-12-16)18-13-14-32-26-18/h5-14,21,28H,1-4H3/t21-/m0/s1. The molecule has 0 bridgehead atoms. The van der Waals surface area contributed by atoms with Gasteiger partial charge in [-0.2, -0.15) is 0 Å². The molecule has 3 aromatic rings. The molecule has 1 aliphatic heterocycles. The fourth-order valence-electron chi connectivity index (χ4n) is 3.85. The third-order valence-corrected chi connectivity index (χ3v) is 5.45. The SMILES string of the molecule is COc1ccccc1[C@H]1C(C(=O)C(C)(C)C)=C(O)C(=O)N1c1ccc(-c2ccon2)cc1. The van der Waals surface area contributed by atoms with Crippen LogP contribution in [0.5, 0.6) is 5.75 Å². The largest absolute Gasteiger partial charge is 0.503 e. The lowest BCUT2D eigenvalue weighted by atomic mass is 9.82. The highest BCUT2D eigenvalue weighted by Gasteiger charge is 2.47. The van der Waals surface area contributed by atoms with Crippen molar-refractivity contribution in [3.63, 3.8) is 0 Å². The first-order chi connectivity index (χ1) is 15.2. The molecule has 0 saturated carbocycles. The van der Waals surface area contributed by atoms with Crippen LogP contribution in [0.1, 0.15) is 32.4 Å². The number of aliphatic hydroxyl groups is 1. The Kier molecular flexibility index (Phi) is 5.34. The van der Waals surface area contributed by atoms with Gasteiger partial charge in [-0.3, -0.25) is 14.5 Å². The van der Waals surface area contributed by atoms with E-state index in [1.54, 1.807) is 63.2 Å². The van der Waals surface area contributed by atoms with Crippen LogP contribution in [-0.2, 0) is 9.59 Å². The highest BCUT2D eigenvalue weighted by Crippen LogP contribution is 2.45. The molecule has 0 radical (unpaired) electrons. The molecule has 1 atom stereocenters. The quantitative estimate of drug-likeness (QED) is 0.619. The monoisotopic (exact) mass is 432 g/mol. The van der Waals surface area contributed by atoms with E-state index in [0.29, 0.717) is 22.7 Å². The first kappa shape index (κ1) is 21.4. The van der Waals surface area contributed by atoms with Crippen molar-refractivity contribution >= 4 is 17.4 Å². The summed E-state index contributed by atoms with van der Waals surface area (Å²) in [6.45, 7) is 5.28. The molecule has 7 heteroatoms. The maximum Gasteiger partial charge on any atom is 0.294 e. The Morgan fingerprint density at radius 3 is 2.38 bits per heavy atom. The summed E-state index contributed by atoms with van der Waals surface area (Å²) >= 11 is 0. The molecule has 4 rings (SSSR count). The summed E-state index contributed by atoms with van der Waals surface area (Å²) in [5.41, 5.74) is 1.88. The molecule has 32 heavy (non-hydrogen) atoms. The number of rotatable bonds is 5. The van der Waals surface area contributed by atoms with E-state index >= 15 is 0 Å². The normalized spacial score (nSPS) is 16.6. The Bertz CT molecular complexity index is 1190. The van der Waals surface area contributed by atoms with Crippen LogP contribution in [-0.4, -0.2) is 29.1 Å². The fraction of sp³-hybridized carbons (Fsp3) is 0.240. The molecule has 1 N–H and O–H groups in total. The van der Waals surface area contributed by atoms with Gasteiger partial charge in [-0.05, 0) is 18.2 Å². The van der Waals surface area contributed by atoms with Gasteiger partial charge in [-0.25, -0.2) is 0 Å². The van der Waals surface area contributed by atoms with Gasteiger partial charge >= 0.3 is 0 Å². The van der Waals surface area contributed by atoms with Gasteiger partial charge in [-0.15, -0.1) is 0 Å². The number of hydrogen-bond donors (Lipinski definition) is 1. The number of ether oxygens (including phenoxy) is 1. The lowest BCUT2D eigenvalue weighted by Crippen LogP contribution is -2.33. The van der Waals surface area contributed by atoms with Gasteiger partial charge in [0.15, 0.2) is 11.5 Å². The van der Waals surface area contributed by atoms with E-state index in [2.05, 4.69) is 5.16 Å². The molecule has 0 spiro atoms. The van der Waals surface area contributed by atoms with E-state index in [1.807, 2.05) is 12.1 Å². The molecule has 0 saturated heterocycles. The van der Waals surface area contributed by atoms with Crippen LogP contribution in [0.4, 0.5) is 5.69 Å². The second kappa shape index (κ2) is 8.00. The van der Waals surface area contributed by atoms with Crippen LogP contribution in [0.2, 0.25) is 0 Å². The van der Waals surface area contributed by atoms with E-state index in [9.17, 15) is 14.7 Å². The number of methoxy groups -OCH3 is 1. The Balaban J connectivity index is 1.86. The number of aliphatic hydroxyl groups excluding tert-OH is 1. The van der Waals surface area contributed by atoms with Crippen molar-refractivity contribution in [3.8, 4) is 17.0 Å². The number of hydrogen-bond acceptors (Lipinski definition) is 6. The third-order valence-electron chi connectivity index (χ3n) is 5.45. The number of carbonyl (C=O) groups is 2. The van der Waals surface area contributed by atoms with Crippen LogP contribution in [0, 0.1) is 5.41 Å². The van der Waals surface area contributed by atoms with Gasteiger partial charge in [0, 0.05) is 28.3 Å². The molecule has 0 fully saturated rings. The summed E-state index contributed by atoms with van der Waals surface area (Å²) in [4.78, 5) is 28.0. The van der Waals surface area contributed by atoms with Crippen LogP contribution >= 0.6 is 0 Å². The smallest absolute Gasteiger partial charge is 0.294 e. The van der Waals surface area contributed by atoms with Crippen LogP contribution in [0.3, 0.4) is 0 Å². The van der Waals surface area contributed by atoms with E-state index < -0.39 is 23.1 Å². The highest BCUT2D eigenvalue weighted by atomic mass is 16.5. The fourth-order valence-corrected chi connectivity index (χ4v) is 3.85. The van der Waals surface area contributed by atoms with E-state index in [0.717, 1.165) is 5.56 Å². The average molecular weight is 432 g/mol. The number of carbonyl (C=O) groups excluding carboxylic acids is 2. The highest BCUT2D eigenvalue weighted by molar-refractivity contribution is 6.17. The minimum Gasteiger partial charge on any atom is -0.503 e. The number of Topliss-reactive ketones (excluding diaryl/α,β-unsaturated/α-hetero) is 1. The van der Waals surface area contributed by atoms with Crippen molar-refractivity contribution in [1.82, 2.24) is 5.16 Å². The van der Waals surface area contributed by atoms with E-state index in [-0.39, 0.29) is 11.4 Å². The summed E-state index contributed by atoms with van der Waals surface area (Å²) in [5, 5.41) is 14.8. The molecule has 7 nitrogen and oxygen atoms in total. The predicted molar refractivity (Wildman–Crippen MR) is 119 cm³/mol. The molecule has 1 amide bonds. The summed E-state index contributed by atoms with van der Waals surface area (Å²) in [5.74, 6) is -0.964. The number of ketones is 1. The summed E-state index contributed by atoms with van der Waals surface area (Å²) < 4.78 is 10.4. The second-order valence-corrected chi connectivity index (χ2v) is 8.59. The Labute approximate surface area is 185 Å². The zero-order chi connectivity index (χ0) is 23.0. The first-order valence-electron chi connectivity index (χ1n) is 10.2. The topological polar surface area (TPSA) is 92.9 Å². The predicted octanol–water partition coefficient (Wildman–Crippen LogP) is 4.87. The first-order valence-corrected chi connectivity index (χ1v) is 10.2. The second-order valence-electron chi connectivity index (χ2n) is 8.59. The zero-order valence-corrected chi connectivity index (χ0v) is 18.3. The maximum atomic E-state index is 13.3. The molecule has 2 aromatic carbocycles. The van der Waals surface area contributed by atoms with Gasteiger partial charge < -0.3 is 14.4 Å². The minimum atomic E-state index is -0.830. The van der Waals surface area contributed by atoms with Gasteiger partial charge in [-0.1, -0.05) is 56.3 Å². The number of nitrogens with zero attached hydrogens (tertiary/aromatic N) is 2. The average Bonchev–Trinajstić information content (AvgIpc) is 3.40. The van der Waals surface area contributed by atoms with Gasteiger partial charge in [0.2, 0.25) is 0 Å². The minimum absolute atomic E-state index is 0.0626. The summed E-state index contributed by atoms with van der Waals surface area (Å²) in [7, 11) is 1.53. The summed E-state index contributed by atoms with van der Waals surface area (Å²) in [6, 6.07) is 15.2. The molecule has 0 unspecified atom stereocenters. The number of benzene rings is 2. The van der Waals surface area contributed by atoms with Crippen molar-refractivity contribution < 1.29 is 24.0 Å². The van der Waals surface area contributed by atoms with Crippen molar-refractivity contribution in [2.45, 2.75) is 26.8 Å². The molecule has 0 aliphatic carbocycles. The molecule has 2 heterocycles. The van der Waals surface area contributed by atoms with Gasteiger partial charge in [0.25, 0.3) is 5.91 Å². The molecule has 164 valence electrons. The van der Waals surface area contributed by atoms with Crippen molar-refractivity contribution in [3.05, 3.63) is 77.8 Å². The van der Waals surface area contributed by atoms with Gasteiger partial charge in [0.1, 0.15) is 17.7 Å². The Morgan fingerprint density at radius 1 is 1.09 bits per heavy atom. The zero-order valence-electron chi connectivity index (χ0n) is 18.3. The molecular weight excluding hydrogens is 408 g/mol. The summed E-state index contributed by atoms with van der Waals surface area (Å²) in [6.07, 6.45) is 1.48. The van der Waals surface area contributed by atoms with Crippen molar-refractivity contribution in [1.29, 1.82) is 0 Å². The van der Waals surface area contributed by atoms with E-state index in [1.165, 1.54) is 18.3 Å². The van der Waals surface area contributed by atoms with Crippen LogP contribution in [0.15, 0.2) is 76.7 Å². The number of aromatic nitrogens is 1. The third kappa shape index (κ3) is 3.56. The number of amides is 1. The number of anilines is 1. The molecule has 1 aromatic heterocycles. The lowest BCUT2D eigenvalue weighted by molar-refractivity contribution is -0.123. The van der Waals surface area contributed by atoms with Crippen LogP contribution in [0.25, 0.3) is 11.3 Å². The van der Waals surface area contributed by atoms with Gasteiger partial charge in [0.05, 0.1) is 18.7 Å².